The fourth-order valence-electron chi connectivity index (χ4n) is 2.49. The van der Waals surface area contributed by atoms with Crippen molar-refractivity contribution in [3.8, 4) is 0 Å². The van der Waals surface area contributed by atoms with Gasteiger partial charge in [0, 0.05) is 16.5 Å². The molecule has 1 atom stereocenters. The van der Waals surface area contributed by atoms with Crippen LogP contribution in [0.25, 0.3) is 0 Å². The first kappa shape index (κ1) is 21.2. The van der Waals surface area contributed by atoms with Crippen molar-refractivity contribution < 1.29 is 21.6 Å². The number of thioether (sulfide) groups is 1. The number of carbonyl (C=O) groups excluding carboxylic acids is 1. The average Bonchev–Trinajstić information content (AvgIpc) is 2.82. The molecule has 7 nitrogen and oxygen atoms in total. The fraction of sp³-hybridized carbons (Fsp3) is 0.562. The Bertz CT molecular complexity index is 873. The molecule has 1 heterocycles. The van der Waals surface area contributed by atoms with Crippen LogP contribution in [-0.2, 0) is 24.7 Å². The highest BCUT2D eigenvalue weighted by Crippen LogP contribution is 2.24. The van der Waals surface area contributed by atoms with E-state index in [4.69, 9.17) is 0 Å². The third-order valence-electron chi connectivity index (χ3n) is 3.51. The summed E-state index contributed by atoms with van der Waals surface area (Å²) in [7, 11) is -6.65. The molecule has 0 spiro atoms. The summed E-state index contributed by atoms with van der Waals surface area (Å²) in [6.45, 7) is 5.24. The lowest BCUT2D eigenvalue weighted by Gasteiger charge is -2.20. The summed E-state index contributed by atoms with van der Waals surface area (Å²) in [6.07, 6.45) is 0.562. The number of sulfone groups is 1. The Kier molecular flexibility index (Phi) is 6.42. The highest BCUT2D eigenvalue weighted by Gasteiger charge is 2.28. The largest absolute Gasteiger partial charge is 0.325 e. The molecule has 0 unspecified atom stereocenters. The summed E-state index contributed by atoms with van der Waals surface area (Å²) in [6, 6.07) is 6.03. The van der Waals surface area contributed by atoms with Gasteiger partial charge in [0.15, 0.2) is 9.84 Å². The predicted molar refractivity (Wildman–Crippen MR) is 105 cm³/mol. The Hall–Kier alpha value is -1.10. The number of amides is 1. The third-order valence-corrected chi connectivity index (χ3v) is 8.55. The van der Waals surface area contributed by atoms with E-state index >= 15 is 0 Å². The van der Waals surface area contributed by atoms with Gasteiger partial charge in [0.2, 0.25) is 15.9 Å². The zero-order valence-corrected chi connectivity index (χ0v) is 17.4. The van der Waals surface area contributed by atoms with Crippen molar-refractivity contribution in [3.05, 3.63) is 24.3 Å². The molecule has 2 rings (SSSR count). The van der Waals surface area contributed by atoms with Gasteiger partial charge in [0.1, 0.15) is 0 Å². The first-order valence-corrected chi connectivity index (χ1v) is 12.5. The van der Waals surface area contributed by atoms with E-state index in [0.29, 0.717) is 12.1 Å². The molecule has 0 bridgehead atoms. The van der Waals surface area contributed by atoms with Gasteiger partial charge in [-0.25, -0.2) is 21.6 Å². The maximum absolute atomic E-state index is 12.4. The Morgan fingerprint density at radius 2 is 2.00 bits per heavy atom. The van der Waals surface area contributed by atoms with E-state index in [1.54, 1.807) is 32.9 Å². The summed E-state index contributed by atoms with van der Waals surface area (Å²) < 4.78 is 50.1. The number of anilines is 1. The fourth-order valence-corrected chi connectivity index (χ4v) is 7.39. The van der Waals surface area contributed by atoms with E-state index in [9.17, 15) is 21.6 Å². The number of hydrogen-bond acceptors (Lipinski definition) is 6. The van der Waals surface area contributed by atoms with Crippen molar-refractivity contribution in [2.75, 3.05) is 22.6 Å². The van der Waals surface area contributed by atoms with Crippen LogP contribution in [0.4, 0.5) is 5.69 Å². The van der Waals surface area contributed by atoms with E-state index in [-0.39, 0.29) is 33.3 Å². The zero-order chi connectivity index (χ0) is 19.6. The predicted octanol–water partition coefficient (Wildman–Crippen LogP) is 1.62. The Labute approximate surface area is 159 Å². The SMILES string of the molecule is CC(C)(C)NS(=O)(=O)c1cccc(NC(=O)CS[C@@H]2CCS(=O)(=O)C2)c1. The van der Waals surface area contributed by atoms with Gasteiger partial charge in [0.25, 0.3) is 0 Å². The zero-order valence-electron chi connectivity index (χ0n) is 15.0. The minimum Gasteiger partial charge on any atom is -0.325 e. The summed E-state index contributed by atoms with van der Waals surface area (Å²) in [5, 5.41) is 2.60. The van der Waals surface area contributed by atoms with Gasteiger partial charge in [-0.3, -0.25) is 4.79 Å². The van der Waals surface area contributed by atoms with E-state index < -0.39 is 25.4 Å². The molecule has 1 aromatic rings. The van der Waals surface area contributed by atoms with Crippen LogP contribution in [0.3, 0.4) is 0 Å². The van der Waals surface area contributed by atoms with Gasteiger partial charge >= 0.3 is 0 Å². The minimum absolute atomic E-state index is 0.0616. The number of benzene rings is 1. The van der Waals surface area contributed by atoms with Gasteiger partial charge in [-0.05, 0) is 45.4 Å². The minimum atomic E-state index is -3.69. The molecule has 0 radical (unpaired) electrons. The highest BCUT2D eigenvalue weighted by atomic mass is 32.2. The molecule has 1 aromatic carbocycles. The maximum atomic E-state index is 12.4. The number of nitrogens with one attached hydrogen (secondary N) is 2. The van der Waals surface area contributed by atoms with E-state index in [1.807, 2.05) is 0 Å². The topological polar surface area (TPSA) is 109 Å². The van der Waals surface area contributed by atoms with Crippen LogP contribution in [0.1, 0.15) is 27.2 Å². The molecular formula is C16H24N2O5S3. The highest BCUT2D eigenvalue weighted by molar-refractivity contribution is 8.02. The molecule has 1 saturated heterocycles. The maximum Gasteiger partial charge on any atom is 0.241 e. The molecule has 1 amide bonds. The van der Waals surface area contributed by atoms with Crippen molar-refractivity contribution >= 4 is 43.2 Å². The van der Waals surface area contributed by atoms with Crippen molar-refractivity contribution in [3.63, 3.8) is 0 Å². The summed E-state index contributed by atoms with van der Waals surface area (Å²) in [4.78, 5) is 12.1. The molecule has 26 heavy (non-hydrogen) atoms. The average molecular weight is 421 g/mol. The molecule has 1 aliphatic rings. The van der Waals surface area contributed by atoms with Crippen LogP contribution >= 0.6 is 11.8 Å². The van der Waals surface area contributed by atoms with Crippen LogP contribution in [0, 0.1) is 0 Å². The normalized spacial score (nSPS) is 20.0. The molecule has 0 saturated carbocycles. The van der Waals surface area contributed by atoms with Gasteiger partial charge in [-0.15, -0.1) is 11.8 Å². The second kappa shape index (κ2) is 7.87. The summed E-state index contributed by atoms with van der Waals surface area (Å²) >= 11 is 1.31. The van der Waals surface area contributed by atoms with Crippen LogP contribution in [-0.4, -0.2) is 50.8 Å². The lowest BCUT2D eigenvalue weighted by molar-refractivity contribution is -0.113. The summed E-state index contributed by atoms with van der Waals surface area (Å²) in [5.74, 6) is 0.110. The molecular weight excluding hydrogens is 396 g/mol. The molecule has 0 aliphatic carbocycles. The number of hydrogen-bond donors (Lipinski definition) is 2. The standard InChI is InChI=1S/C16H24N2O5S3/c1-16(2,3)18-26(22,23)14-6-4-5-12(9-14)17-15(19)10-24-13-7-8-25(20,21)11-13/h4-6,9,13,18H,7-8,10-11H2,1-3H3,(H,17,19)/t13-/m1/s1. The van der Waals surface area contributed by atoms with E-state index in [1.165, 1.54) is 23.9 Å². The Morgan fingerprint density at radius 1 is 1.31 bits per heavy atom. The van der Waals surface area contributed by atoms with E-state index in [0.717, 1.165) is 0 Å². The third kappa shape index (κ3) is 6.57. The molecule has 10 heteroatoms. The molecule has 0 aromatic heterocycles. The Balaban J connectivity index is 1.97. The van der Waals surface area contributed by atoms with Crippen LogP contribution in [0.2, 0.25) is 0 Å². The van der Waals surface area contributed by atoms with Gasteiger partial charge < -0.3 is 5.32 Å². The summed E-state index contributed by atoms with van der Waals surface area (Å²) in [5.41, 5.74) is -0.234. The number of sulfonamides is 1. The number of rotatable bonds is 6. The monoisotopic (exact) mass is 420 g/mol. The van der Waals surface area contributed by atoms with Crippen molar-refractivity contribution in [1.82, 2.24) is 4.72 Å². The first-order chi connectivity index (χ1) is 11.9. The smallest absolute Gasteiger partial charge is 0.241 e. The second-order valence-electron chi connectivity index (χ2n) is 7.27. The van der Waals surface area contributed by atoms with Gasteiger partial charge in [-0.1, -0.05) is 6.07 Å². The van der Waals surface area contributed by atoms with Crippen molar-refractivity contribution in [1.29, 1.82) is 0 Å². The molecule has 2 N–H and O–H groups in total. The molecule has 1 aliphatic heterocycles. The lowest BCUT2D eigenvalue weighted by Crippen LogP contribution is -2.40. The lowest BCUT2D eigenvalue weighted by atomic mass is 10.1. The Morgan fingerprint density at radius 3 is 2.58 bits per heavy atom. The first-order valence-electron chi connectivity index (χ1n) is 8.12. The van der Waals surface area contributed by atoms with E-state index in [2.05, 4.69) is 10.0 Å². The van der Waals surface area contributed by atoms with Gasteiger partial charge in [-0.2, -0.15) is 0 Å². The van der Waals surface area contributed by atoms with Crippen LogP contribution in [0.5, 0.6) is 0 Å². The molecule has 146 valence electrons. The number of carbonyl (C=O) groups is 1. The van der Waals surface area contributed by atoms with Gasteiger partial charge in [0.05, 0.1) is 22.2 Å². The van der Waals surface area contributed by atoms with Crippen LogP contribution in [0.15, 0.2) is 29.2 Å². The van der Waals surface area contributed by atoms with Crippen LogP contribution < -0.4 is 10.0 Å². The van der Waals surface area contributed by atoms with Crippen molar-refractivity contribution in [2.24, 2.45) is 0 Å². The molecule has 1 fully saturated rings. The van der Waals surface area contributed by atoms with Crippen molar-refractivity contribution in [2.45, 2.75) is 42.9 Å². The second-order valence-corrected chi connectivity index (χ2v) is 12.5. The quantitative estimate of drug-likeness (QED) is 0.724.